The summed E-state index contributed by atoms with van der Waals surface area (Å²) in [6.45, 7) is 0. The minimum atomic E-state index is 0.204. The number of hydrogen-bond acceptors (Lipinski definition) is 1. The number of carbonyl (C=O) groups is 1. The van der Waals surface area contributed by atoms with Crippen LogP contribution < -0.4 is 4.90 Å². The number of para-hydroxylation sites is 1. The predicted molar refractivity (Wildman–Crippen MR) is 69.9 cm³/mol. The van der Waals surface area contributed by atoms with Gasteiger partial charge in [-0.15, -0.1) is 0 Å². The highest BCUT2D eigenvalue weighted by molar-refractivity contribution is 14.1. The molecule has 1 aromatic rings. The van der Waals surface area contributed by atoms with E-state index in [0.29, 0.717) is 6.42 Å². The lowest BCUT2D eigenvalue weighted by atomic mass is 10.1. The van der Waals surface area contributed by atoms with E-state index in [4.69, 9.17) is 0 Å². The summed E-state index contributed by atoms with van der Waals surface area (Å²) in [5.41, 5.74) is 2.09. The second-order valence-corrected chi connectivity index (χ2v) is 4.14. The highest BCUT2D eigenvalue weighted by Crippen LogP contribution is 2.28. The molecule has 0 radical (unpaired) electrons. The van der Waals surface area contributed by atoms with Crippen molar-refractivity contribution in [2.45, 2.75) is 19.3 Å². The Kier molecular flexibility index (Phi) is 3.41. The Bertz CT molecular complexity index is 386. The summed E-state index contributed by atoms with van der Waals surface area (Å²) in [4.78, 5) is 13.7. The Hall–Kier alpha value is -0.840. The SMILES string of the molecule is O=C1CCC/C(=C\I)N1c1ccccc1. The molecule has 78 valence electrons. The second kappa shape index (κ2) is 4.79. The lowest BCUT2D eigenvalue weighted by Crippen LogP contribution is -2.33. The maximum absolute atomic E-state index is 11.8. The van der Waals surface area contributed by atoms with E-state index >= 15 is 0 Å². The van der Waals surface area contributed by atoms with Gasteiger partial charge >= 0.3 is 0 Å². The molecule has 0 spiro atoms. The van der Waals surface area contributed by atoms with Gasteiger partial charge in [-0.2, -0.15) is 0 Å². The molecular weight excluding hydrogens is 301 g/mol. The van der Waals surface area contributed by atoms with Gasteiger partial charge in [0.05, 0.1) is 0 Å². The molecule has 0 aliphatic carbocycles. The zero-order valence-electron chi connectivity index (χ0n) is 8.32. The number of rotatable bonds is 1. The molecular formula is C12H12INO. The Balaban J connectivity index is 2.36. The van der Waals surface area contributed by atoms with Crippen LogP contribution in [0.15, 0.2) is 40.1 Å². The van der Waals surface area contributed by atoms with Gasteiger partial charge in [0.1, 0.15) is 0 Å². The Labute approximate surface area is 103 Å². The van der Waals surface area contributed by atoms with E-state index in [1.54, 1.807) is 0 Å². The minimum absolute atomic E-state index is 0.204. The van der Waals surface area contributed by atoms with Crippen molar-refractivity contribution in [2.75, 3.05) is 4.90 Å². The van der Waals surface area contributed by atoms with E-state index in [2.05, 4.69) is 22.6 Å². The number of anilines is 1. The quantitative estimate of drug-likeness (QED) is 0.727. The van der Waals surface area contributed by atoms with E-state index in [0.717, 1.165) is 24.2 Å². The summed E-state index contributed by atoms with van der Waals surface area (Å²) in [5, 5.41) is 0. The molecule has 1 aromatic carbocycles. The van der Waals surface area contributed by atoms with Crippen molar-refractivity contribution in [1.82, 2.24) is 0 Å². The monoisotopic (exact) mass is 313 g/mol. The number of benzene rings is 1. The molecule has 0 saturated carbocycles. The molecule has 1 fully saturated rings. The molecule has 1 aliphatic heterocycles. The van der Waals surface area contributed by atoms with Gasteiger partial charge in [-0.1, -0.05) is 40.8 Å². The van der Waals surface area contributed by atoms with Crippen LogP contribution >= 0.6 is 22.6 Å². The molecule has 2 nitrogen and oxygen atoms in total. The fourth-order valence-corrected chi connectivity index (χ4v) is 2.38. The topological polar surface area (TPSA) is 20.3 Å². The predicted octanol–water partition coefficient (Wildman–Crippen LogP) is 3.48. The number of halogens is 1. The van der Waals surface area contributed by atoms with Crippen LogP contribution in [0.25, 0.3) is 0 Å². The van der Waals surface area contributed by atoms with Gasteiger partial charge in [0.2, 0.25) is 5.91 Å². The molecule has 1 saturated heterocycles. The summed E-state index contributed by atoms with van der Waals surface area (Å²) in [6, 6.07) is 9.84. The third kappa shape index (κ3) is 2.22. The van der Waals surface area contributed by atoms with Gasteiger partial charge in [-0.05, 0) is 29.1 Å². The van der Waals surface area contributed by atoms with Gasteiger partial charge in [0.25, 0.3) is 0 Å². The van der Waals surface area contributed by atoms with Crippen LogP contribution in [-0.2, 0) is 4.79 Å². The van der Waals surface area contributed by atoms with Crippen LogP contribution in [0.3, 0.4) is 0 Å². The Morgan fingerprint density at radius 3 is 2.60 bits per heavy atom. The van der Waals surface area contributed by atoms with E-state index in [1.165, 1.54) is 0 Å². The standard InChI is InChI=1S/C12H12INO/c13-9-11-7-4-8-12(15)14(11)10-5-2-1-3-6-10/h1-3,5-6,9H,4,7-8H2/b11-9+. The molecule has 1 amide bonds. The average Bonchev–Trinajstić information content (AvgIpc) is 2.29. The van der Waals surface area contributed by atoms with Crippen molar-refractivity contribution in [3.05, 3.63) is 40.1 Å². The van der Waals surface area contributed by atoms with Crippen LogP contribution in [0.5, 0.6) is 0 Å². The number of nitrogens with zero attached hydrogens (tertiary/aromatic N) is 1. The highest BCUT2D eigenvalue weighted by Gasteiger charge is 2.23. The molecule has 0 unspecified atom stereocenters. The molecule has 0 N–H and O–H groups in total. The highest BCUT2D eigenvalue weighted by atomic mass is 127. The van der Waals surface area contributed by atoms with E-state index < -0.39 is 0 Å². The lowest BCUT2D eigenvalue weighted by molar-refractivity contribution is -0.118. The van der Waals surface area contributed by atoms with Crippen LogP contribution in [0.1, 0.15) is 19.3 Å². The van der Waals surface area contributed by atoms with Crippen LogP contribution in [0.4, 0.5) is 5.69 Å². The largest absolute Gasteiger partial charge is 0.284 e. The molecule has 2 rings (SSSR count). The van der Waals surface area contributed by atoms with Gasteiger partial charge in [0.15, 0.2) is 0 Å². The van der Waals surface area contributed by atoms with Crippen molar-refractivity contribution in [2.24, 2.45) is 0 Å². The van der Waals surface area contributed by atoms with Gasteiger partial charge in [-0.25, -0.2) is 0 Å². The average molecular weight is 313 g/mol. The maximum Gasteiger partial charge on any atom is 0.231 e. The molecule has 3 heteroatoms. The van der Waals surface area contributed by atoms with Crippen molar-refractivity contribution in [3.8, 4) is 0 Å². The molecule has 15 heavy (non-hydrogen) atoms. The molecule has 1 aliphatic rings. The summed E-state index contributed by atoms with van der Waals surface area (Å²) >= 11 is 2.20. The molecule has 0 atom stereocenters. The molecule has 0 aromatic heterocycles. The zero-order valence-corrected chi connectivity index (χ0v) is 10.5. The summed E-state index contributed by atoms with van der Waals surface area (Å²) in [7, 11) is 0. The first kappa shape index (κ1) is 10.7. The normalized spacial score (nSPS) is 19.7. The van der Waals surface area contributed by atoms with Crippen molar-refractivity contribution in [3.63, 3.8) is 0 Å². The fraction of sp³-hybridized carbons (Fsp3) is 0.250. The Morgan fingerprint density at radius 2 is 1.93 bits per heavy atom. The van der Waals surface area contributed by atoms with Gasteiger partial charge in [0, 0.05) is 17.8 Å². The van der Waals surface area contributed by atoms with Gasteiger partial charge in [-0.3, -0.25) is 9.69 Å². The van der Waals surface area contributed by atoms with Crippen molar-refractivity contribution >= 4 is 34.2 Å². The third-order valence-electron chi connectivity index (χ3n) is 2.50. The van der Waals surface area contributed by atoms with Crippen molar-refractivity contribution in [1.29, 1.82) is 0 Å². The Morgan fingerprint density at radius 1 is 1.20 bits per heavy atom. The van der Waals surface area contributed by atoms with Crippen LogP contribution in [-0.4, -0.2) is 5.91 Å². The van der Waals surface area contributed by atoms with E-state index in [1.807, 2.05) is 39.3 Å². The first-order valence-electron chi connectivity index (χ1n) is 5.00. The second-order valence-electron chi connectivity index (χ2n) is 3.52. The van der Waals surface area contributed by atoms with E-state index in [9.17, 15) is 4.79 Å². The number of allylic oxidation sites excluding steroid dienone is 1. The first-order valence-corrected chi connectivity index (χ1v) is 6.25. The number of amides is 1. The number of hydrogen-bond donors (Lipinski definition) is 0. The summed E-state index contributed by atoms with van der Waals surface area (Å²) in [5.74, 6) is 0.204. The maximum atomic E-state index is 11.8. The smallest absolute Gasteiger partial charge is 0.231 e. The van der Waals surface area contributed by atoms with E-state index in [-0.39, 0.29) is 5.91 Å². The lowest BCUT2D eigenvalue weighted by Gasteiger charge is -2.29. The van der Waals surface area contributed by atoms with Crippen LogP contribution in [0, 0.1) is 0 Å². The summed E-state index contributed by atoms with van der Waals surface area (Å²) in [6.07, 6.45) is 2.61. The van der Waals surface area contributed by atoms with Crippen LogP contribution in [0.2, 0.25) is 0 Å². The van der Waals surface area contributed by atoms with Crippen molar-refractivity contribution < 1.29 is 4.79 Å². The third-order valence-corrected chi connectivity index (χ3v) is 3.22. The molecule has 0 bridgehead atoms. The number of piperidine rings is 1. The first-order chi connectivity index (χ1) is 7.33. The zero-order chi connectivity index (χ0) is 10.7. The van der Waals surface area contributed by atoms with Gasteiger partial charge < -0.3 is 0 Å². The minimum Gasteiger partial charge on any atom is -0.284 e. The molecule has 1 heterocycles. The number of carbonyl (C=O) groups excluding carboxylic acids is 1. The summed E-state index contributed by atoms with van der Waals surface area (Å²) < 4.78 is 2.00. The fourth-order valence-electron chi connectivity index (χ4n) is 1.79.